The predicted octanol–water partition coefficient (Wildman–Crippen LogP) is 5.35. The molecule has 1 aliphatic heterocycles. The molecule has 0 aromatic carbocycles. The molecule has 0 N–H and O–H groups in total. The highest BCUT2D eigenvalue weighted by Gasteiger charge is 2.30. The van der Waals surface area contributed by atoms with Crippen molar-refractivity contribution in [2.24, 2.45) is 0 Å². The summed E-state index contributed by atoms with van der Waals surface area (Å²) in [5.41, 5.74) is 2.31. The molecule has 0 fully saturated rings. The van der Waals surface area contributed by atoms with Crippen molar-refractivity contribution in [2.75, 3.05) is 12.3 Å². The Balaban J connectivity index is 1.61. The molecule has 0 saturated carbocycles. The predicted molar refractivity (Wildman–Crippen MR) is 127 cm³/mol. The van der Waals surface area contributed by atoms with E-state index in [9.17, 15) is 9.59 Å². The SMILES string of the molecule is CCC1c2ccsc2CCN1C(=O)CSc1nc2sc(C)c(C)c2c(=O)n1C(C)C. The Labute approximate surface area is 189 Å². The van der Waals surface area contributed by atoms with Crippen molar-refractivity contribution in [1.29, 1.82) is 0 Å². The summed E-state index contributed by atoms with van der Waals surface area (Å²) in [5.74, 6) is 0.413. The summed E-state index contributed by atoms with van der Waals surface area (Å²) in [6, 6.07) is 2.30. The van der Waals surface area contributed by atoms with Crippen LogP contribution in [0.5, 0.6) is 0 Å². The Morgan fingerprint density at radius 1 is 1.37 bits per heavy atom. The van der Waals surface area contributed by atoms with Gasteiger partial charge in [0.2, 0.25) is 5.91 Å². The van der Waals surface area contributed by atoms with Crippen molar-refractivity contribution in [3.05, 3.63) is 42.7 Å². The topological polar surface area (TPSA) is 55.2 Å². The van der Waals surface area contributed by atoms with Crippen LogP contribution in [-0.4, -0.2) is 32.7 Å². The molecule has 1 atom stereocenters. The zero-order chi connectivity index (χ0) is 21.6. The van der Waals surface area contributed by atoms with E-state index in [1.807, 2.05) is 32.6 Å². The second-order valence-electron chi connectivity index (χ2n) is 7.98. The Morgan fingerprint density at radius 3 is 2.83 bits per heavy atom. The van der Waals surface area contributed by atoms with Crippen LogP contribution in [0.3, 0.4) is 0 Å². The number of hydrogen-bond donors (Lipinski definition) is 0. The number of aryl methyl sites for hydroxylation is 2. The van der Waals surface area contributed by atoms with Crippen molar-refractivity contribution >= 4 is 50.6 Å². The van der Waals surface area contributed by atoms with E-state index in [2.05, 4.69) is 18.4 Å². The van der Waals surface area contributed by atoms with Crippen molar-refractivity contribution in [1.82, 2.24) is 14.5 Å². The van der Waals surface area contributed by atoms with Crippen molar-refractivity contribution in [2.45, 2.75) is 64.7 Å². The molecule has 0 saturated heterocycles. The van der Waals surface area contributed by atoms with Gasteiger partial charge in [-0.2, -0.15) is 0 Å². The van der Waals surface area contributed by atoms with E-state index in [4.69, 9.17) is 4.98 Å². The lowest BCUT2D eigenvalue weighted by atomic mass is 9.98. The van der Waals surface area contributed by atoms with Gasteiger partial charge in [-0.15, -0.1) is 22.7 Å². The third kappa shape index (κ3) is 3.63. The standard InChI is InChI=1S/C22H27N3O2S3/c1-6-16-15-8-10-28-17(15)7-9-24(16)18(26)11-29-22-23-20-19(13(4)14(5)30-20)21(27)25(22)12(2)3/h8,10,12,16H,6-7,9,11H2,1-5H3. The Hall–Kier alpha value is -1.64. The Kier molecular flexibility index (Phi) is 6.10. The number of carbonyl (C=O) groups excluding carboxylic acids is 1. The molecule has 4 heterocycles. The van der Waals surface area contributed by atoms with Gasteiger partial charge >= 0.3 is 0 Å². The molecule has 1 aliphatic rings. The molecule has 1 amide bonds. The highest BCUT2D eigenvalue weighted by atomic mass is 32.2. The molecule has 3 aromatic heterocycles. The van der Waals surface area contributed by atoms with Crippen LogP contribution in [0, 0.1) is 13.8 Å². The maximum atomic E-state index is 13.2. The van der Waals surface area contributed by atoms with E-state index in [0.29, 0.717) is 16.3 Å². The van der Waals surface area contributed by atoms with Crippen LogP contribution in [-0.2, 0) is 11.2 Å². The first kappa shape index (κ1) is 21.6. The van der Waals surface area contributed by atoms with Gasteiger partial charge < -0.3 is 4.90 Å². The zero-order valence-corrected chi connectivity index (χ0v) is 20.5. The molecule has 3 aromatic rings. The van der Waals surface area contributed by atoms with Crippen LogP contribution in [0.4, 0.5) is 0 Å². The number of hydrogen-bond acceptors (Lipinski definition) is 6. The van der Waals surface area contributed by atoms with Gasteiger partial charge in [-0.1, -0.05) is 18.7 Å². The molecule has 5 nitrogen and oxygen atoms in total. The minimum atomic E-state index is -0.0154. The molecule has 0 radical (unpaired) electrons. The molecule has 0 aliphatic carbocycles. The van der Waals surface area contributed by atoms with Crippen LogP contribution in [0.2, 0.25) is 0 Å². The number of amides is 1. The van der Waals surface area contributed by atoms with Crippen molar-refractivity contribution < 1.29 is 4.79 Å². The summed E-state index contributed by atoms with van der Waals surface area (Å²) in [5, 5.41) is 3.48. The van der Waals surface area contributed by atoms with Crippen LogP contribution in [0.1, 0.15) is 60.2 Å². The lowest BCUT2D eigenvalue weighted by Gasteiger charge is -2.35. The number of carbonyl (C=O) groups is 1. The lowest BCUT2D eigenvalue weighted by molar-refractivity contribution is -0.131. The largest absolute Gasteiger partial charge is 0.335 e. The smallest absolute Gasteiger partial charge is 0.263 e. The highest BCUT2D eigenvalue weighted by Crippen LogP contribution is 2.36. The van der Waals surface area contributed by atoms with Gasteiger partial charge in [0, 0.05) is 22.3 Å². The van der Waals surface area contributed by atoms with Crippen LogP contribution in [0.25, 0.3) is 10.2 Å². The van der Waals surface area contributed by atoms with Crippen molar-refractivity contribution in [3.8, 4) is 0 Å². The molecule has 160 valence electrons. The highest BCUT2D eigenvalue weighted by molar-refractivity contribution is 7.99. The molecule has 30 heavy (non-hydrogen) atoms. The summed E-state index contributed by atoms with van der Waals surface area (Å²) < 4.78 is 1.74. The summed E-state index contributed by atoms with van der Waals surface area (Å²) in [6.45, 7) is 10.9. The lowest BCUT2D eigenvalue weighted by Crippen LogP contribution is -2.40. The number of fused-ring (bicyclic) bond motifs is 2. The van der Waals surface area contributed by atoms with E-state index in [1.165, 1.54) is 22.2 Å². The number of rotatable bonds is 5. The first-order chi connectivity index (χ1) is 14.3. The molecule has 1 unspecified atom stereocenters. The first-order valence-corrected chi connectivity index (χ1v) is 13.0. The normalized spacial score (nSPS) is 16.5. The molecule has 4 rings (SSSR count). The van der Waals surface area contributed by atoms with E-state index >= 15 is 0 Å². The average Bonchev–Trinajstić information content (AvgIpc) is 3.29. The third-order valence-electron chi connectivity index (χ3n) is 5.85. The average molecular weight is 462 g/mol. The summed E-state index contributed by atoms with van der Waals surface area (Å²) in [7, 11) is 0. The fraction of sp³-hybridized carbons (Fsp3) is 0.500. The number of aromatic nitrogens is 2. The van der Waals surface area contributed by atoms with E-state index in [0.717, 1.165) is 34.7 Å². The van der Waals surface area contributed by atoms with Gasteiger partial charge in [0.05, 0.1) is 17.2 Å². The van der Waals surface area contributed by atoms with Gasteiger partial charge in [-0.25, -0.2) is 4.98 Å². The number of thioether (sulfide) groups is 1. The Bertz CT molecular complexity index is 1160. The maximum absolute atomic E-state index is 13.2. The van der Waals surface area contributed by atoms with Gasteiger partial charge in [-0.05, 0) is 63.1 Å². The maximum Gasteiger partial charge on any atom is 0.263 e. The quantitative estimate of drug-likeness (QED) is 0.380. The van der Waals surface area contributed by atoms with Gasteiger partial charge in [-0.3, -0.25) is 14.2 Å². The summed E-state index contributed by atoms with van der Waals surface area (Å²) in [6.07, 6.45) is 1.84. The van der Waals surface area contributed by atoms with Gasteiger partial charge in [0.1, 0.15) is 4.83 Å². The van der Waals surface area contributed by atoms with E-state index in [-0.39, 0.29) is 23.6 Å². The minimum Gasteiger partial charge on any atom is -0.335 e. The van der Waals surface area contributed by atoms with Crippen LogP contribution >= 0.6 is 34.4 Å². The fourth-order valence-corrected chi connectivity index (χ4v) is 7.20. The van der Waals surface area contributed by atoms with Gasteiger partial charge in [0.25, 0.3) is 5.56 Å². The number of thiophene rings is 2. The third-order valence-corrected chi connectivity index (χ3v) is 8.88. The second kappa shape index (κ2) is 8.48. The zero-order valence-electron chi connectivity index (χ0n) is 18.0. The van der Waals surface area contributed by atoms with Crippen molar-refractivity contribution in [3.63, 3.8) is 0 Å². The van der Waals surface area contributed by atoms with E-state index < -0.39 is 0 Å². The summed E-state index contributed by atoms with van der Waals surface area (Å²) in [4.78, 5) is 36.5. The number of nitrogens with zero attached hydrogens (tertiary/aromatic N) is 3. The fourth-order valence-electron chi connectivity index (χ4n) is 4.19. The minimum absolute atomic E-state index is 0.000814. The Morgan fingerprint density at radius 2 is 2.13 bits per heavy atom. The van der Waals surface area contributed by atoms with Crippen LogP contribution < -0.4 is 5.56 Å². The molecule has 0 spiro atoms. The van der Waals surface area contributed by atoms with Gasteiger partial charge in [0.15, 0.2) is 5.16 Å². The van der Waals surface area contributed by atoms with E-state index in [1.54, 1.807) is 27.2 Å². The molecule has 0 bridgehead atoms. The monoisotopic (exact) mass is 461 g/mol. The molecular weight excluding hydrogens is 434 g/mol. The van der Waals surface area contributed by atoms with Crippen LogP contribution in [0.15, 0.2) is 21.4 Å². The molecule has 8 heteroatoms. The molecular formula is C22H27N3O2S3. The first-order valence-electron chi connectivity index (χ1n) is 10.3. The second-order valence-corrected chi connectivity index (χ2v) is 11.1. The summed E-state index contributed by atoms with van der Waals surface area (Å²) >= 11 is 4.73.